The number of nitrogens with two attached hydrogens (primary N) is 1. The van der Waals surface area contributed by atoms with Crippen molar-refractivity contribution >= 4 is 17.4 Å². The topological polar surface area (TPSA) is 89.3 Å². The molecule has 0 spiro atoms. The highest BCUT2D eigenvalue weighted by atomic mass is 16.5. The molecular weight excluding hydrogens is 268 g/mol. The molecule has 0 saturated carbocycles. The van der Waals surface area contributed by atoms with Gasteiger partial charge < -0.3 is 21.1 Å². The molecule has 2 aromatic rings. The van der Waals surface area contributed by atoms with Crippen LogP contribution in [0.3, 0.4) is 0 Å². The van der Waals surface area contributed by atoms with Gasteiger partial charge in [-0.05, 0) is 30.7 Å². The first kappa shape index (κ1) is 14.6. The highest BCUT2D eigenvalue weighted by Gasteiger charge is 2.06. The summed E-state index contributed by atoms with van der Waals surface area (Å²) in [6.07, 6.45) is 1.72. The van der Waals surface area contributed by atoms with Crippen LogP contribution in [0.25, 0.3) is 0 Å². The highest BCUT2D eigenvalue weighted by molar-refractivity contribution is 5.87. The number of hydrogen-bond donors (Lipinski definition) is 3. The Labute approximate surface area is 123 Å². The van der Waals surface area contributed by atoms with Crippen LogP contribution >= 0.6 is 0 Å². The van der Waals surface area contributed by atoms with Gasteiger partial charge in [-0.15, -0.1) is 0 Å². The van der Waals surface area contributed by atoms with Gasteiger partial charge in [-0.2, -0.15) is 0 Å². The quantitative estimate of drug-likeness (QED) is 0.788. The largest absolute Gasteiger partial charge is 0.481 e. The number of primary amides is 1. The van der Waals surface area contributed by atoms with E-state index in [0.29, 0.717) is 11.6 Å². The molecule has 0 radical (unpaired) electrons. The molecule has 1 heterocycles. The molecular formula is C15H18N4O2. The van der Waals surface area contributed by atoms with Crippen LogP contribution in [0.1, 0.15) is 18.5 Å². The third kappa shape index (κ3) is 4.10. The number of carbonyl (C=O) groups is 1. The molecule has 2 rings (SSSR count). The minimum absolute atomic E-state index is 0.0998. The maximum atomic E-state index is 10.8. The average molecular weight is 286 g/mol. The van der Waals surface area contributed by atoms with Gasteiger partial charge in [0.25, 0.3) is 0 Å². The molecule has 1 aromatic carbocycles. The second-order valence-electron chi connectivity index (χ2n) is 4.57. The normalized spacial score (nSPS) is 11.5. The summed E-state index contributed by atoms with van der Waals surface area (Å²) in [6, 6.07) is 10.7. The number of urea groups is 1. The van der Waals surface area contributed by atoms with Crippen molar-refractivity contribution in [2.45, 2.75) is 13.0 Å². The minimum atomic E-state index is -0.571. The molecule has 6 nitrogen and oxygen atoms in total. The Morgan fingerprint density at radius 2 is 1.86 bits per heavy atom. The highest BCUT2D eigenvalue weighted by Crippen LogP contribution is 2.21. The van der Waals surface area contributed by atoms with Crippen molar-refractivity contribution < 1.29 is 9.53 Å². The zero-order chi connectivity index (χ0) is 15.2. The Balaban J connectivity index is 2.01. The first-order valence-electron chi connectivity index (χ1n) is 6.51. The first-order valence-corrected chi connectivity index (χ1v) is 6.51. The van der Waals surface area contributed by atoms with Crippen LogP contribution in [0.2, 0.25) is 0 Å². The molecule has 4 N–H and O–H groups in total. The summed E-state index contributed by atoms with van der Waals surface area (Å²) in [5.41, 5.74) is 7.73. The number of methoxy groups -OCH3 is 1. The van der Waals surface area contributed by atoms with Crippen molar-refractivity contribution in [2.75, 3.05) is 17.7 Å². The van der Waals surface area contributed by atoms with E-state index in [1.807, 2.05) is 37.3 Å². The second kappa shape index (κ2) is 6.60. The van der Waals surface area contributed by atoms with Gasteiger partial charge in [-0.1, -0.05) is 12.1 Å². The number of benzene rings is 1. The van der Waals surface area contributed by atoms with E-state index < -0.39 is 6.03 Å². The summed E-state index contributed by atoms with van der Waals surface area (Å²) in [5.74, 6) is 0.579. The zero-order valence-corrected chi connectivity index (χ0v) is 12.0. The van der Waals surface area contributed by atoms with Crippen molar-refractivity contribution in [1.82, 2.24) is 4.98 Å². The molecule has 1 aromatic heterocycles. The molecule has 0 fully saturated rings. The lowest BCUT2D eigenvalue weighted by molar-refractivity contribution is 0.259. The van der Waals surface area contributed by atoms with Gasteiger partial charge in [0.05, 0.1) is 19.0 Å². The van der Waals surface area contributed by atoms with E-state index in [4.69, 9.17) is 10.5 Å². The van der Waals surface area contributed by atoms with Gasteiger partial charge in [0.2, 0.25) is 5.88 Å². The SMILES string of the molecule is COc1ccc(NC(C)c2ccc(NC(N)=O)cc2)cn1. The van der Waals surface area contributed by atoms with E-state index >= 15 is 0 Å². The number of anilines is 2. The van der Waals surface area contributed by atoms with Crippen molar-refractivity contribution in [3.63, 3.8) is 0 Å². The predicted molar refractivity (Wildman–Crippen MR) is 82.5 cm³/mol. The summed E-state index contributed by atoms with van der Waals surface area (Å²) in [5, 5.41) is 5.87. The summed E-state index contributed by atoms with van der Waals surface area (Å²) >= 11 is 0. The molecule has 0 aliphatic rings. The molecule has 1 unspecified atom stereocenters. The molecule has 6 heteroatoms. The van der Waals surface area contributed by atoms with E-state index in [0.717, 1.165) is 11.3 Å². The lowest BCUT2D eigenvalue weighted by atomic mass is 10.1. The maximum Gasteiger partial charge on any atom is 0.316 e. The van der Waals surface area contributed by atoms with Crippen molar-refractivity contribution in [3.05, 3.63) is 48.2 Å². The van der Waals surface area contributed by atoms with E-state index in [1.165, 1.54) is 0 Å². The maximum absolute atomic E-state index is 10.8. The van der Waals surface area contributed by atoms with Crippen LogP contribution in [0.5, 0.6) is 5.88 Å². The first-order chi connectivity index (χ1) is 10.1. The molecule has 0 aliphatic carbocycles. The number of hydrogen-bond acceptors (Lipinski definition) is 4. The fourth-order valence-corrected chi connectivity index (χ4v) is 1.92. The van der Waals surface area contributed by atoms with Crippen molar-refractivity contribution in [3.8, 4) is 5.88 Å². The third-order valence-electron chi connectivity index (χ3n) is 3.01. The monoisotopic (exact) mass is 286 g/mol. The smallest absolute Gasteiger partial charge is 0.316 e. The van der Waals surface area contributed by atoms with E-state index in [-0.39, 0.29) is 6.04 Å². The number of nitrogens with zero attached hydrogens (tertiary/aromatic N) is 1. The Morgan fingerprint density at radius 3 is 2.38 bits per heavy atom. The van der Waals surface area contributed by atoms with E-state index in [1.54, 1.807) is 19.4 Å². The van der Waals surface area contributed by atoms with Crippen LogP contribution in [0.15, 0.2) is 42.6 Å². The van der Waals surface area contributed by atoms with Crippen molar-refractivity contribution in [2.24, 2.45) is 5.73 Å². The van der Waals surface area contributed by atoms with Crippen LogP contribution in [0, 0.1) is 0 Å². The zero-order valence-electron chi connectivity index (χ0n) is 12.0. The minimum Gasteiger partial charge on any atom is -0.481 e. The summed E-state index contributed by atoms with van der Waals surface area (Å²) in [6.45, 7) is 2.04. The Morgan fingerprint density at radius 1 is 1.19 bits per heavy atom. The number of carbonyl (C=O) groups excluding carboxylic acids is 1. The molecule has 21 heavy (non-hydrogen) atoms. The van der Waals surface area contributed by atoms with Crippen LogP contribution in [-0.4, -0.2) is 18.1 Å². The van der Waals surface area contributed by atoms with Gasteiger partial charge in [-0.25, -0.2) is 9.78 Å². The van der Waals surface area contributed by atoms with Crippen molar-refractivity contribution in [1.29, 1.82) is 0 Å². The molecule has 2 amide bonds. The number of rotatable bonds is 5. The molecule has 0 aliphatic heterocycles. The Hall–Kier alpha value is -2.76. The molecule has 0 bridgehead atoms. The van der Waals surface area contributed by atoms with Gasteiger partial charge in [0, 0.05) is 17.8 Å². The van der Waals surface area contributed by atoms with Gasteiger partial charge in [0.15, 0.2) is 0 Å². The summed E-state index contributed by atoms with van der Waals surface area (Å²) < 4.78 is 5.02. The number of amides is 2. The predicted octanol–water partition coefficient (Wildman–Crippen LogP) is 2.75. The van der Waals surface area contributed by atoms with E-state index in [2.05, 4.69) is 15.6 Å². The standard InChI is InChI=1S/C15H18N4O2/c1-10(18-13-7-8-14(21-2)17-9-13)11-3-5-12(6-4-11)19-15(16)20/h3-10,18H,1-2H3,(H3,16,19,20). The molecule has 110 valence electrons. The lowest BCUT2D eigenvalue weighted by Gasteiger charge is -2.16. The summed E-state index contributed by atoms with van der Waals surface area (Å²) in [4.78, 5) is 14.9. The Kier molecular flexibility index (Phi) is 4.61. The molecule has 0 saturated heterocycles. The third-order valence-corrected chi connectivity index (χ3v) is 3.01. The van der Waals surface area contributed by atoms with Gasteiger partial charge >= 0.3 is 6.03 Å². The Bertz CT molecular complexity index is 596. The van der Waals surface area contributed by atoms with Crippen LogP contribution < -0.4 is 21.1 Å². The average Bonchev–Trinajstić information content (AvgIpc) is 2.48. The van der Waals surface area contributed by atoms with Gasteiger partial charge in [-0.3, -0.25) is 0 Å². The van der Waals surface area contributed by atoms with Crippen LogP contribution in [0.4, 0.5) is 16.2 Å². The summed E-state index contributed by atoms with van der Waals surface area (Å²) in [7, 11) is 1.58. The molecule has 1 atom stereocenters. The number of nitrogens with one attached hydrogen (secondary N) is 2. The number of ether oxygens (including phenoxy) is 1. The fourth-order valence-electron chi connectivity index (χ4n) is 1.92. The van der Waals surface area contributed by atoms with Gasteiger partial charge in [0.1, 0.15) is 0 Å². The second-order valence-corrected chi connectivity index (χ2v) is 4.57. The number of aromatic nitrogens is 1. The lowest BCUT2D eigenvalue weighted by Crippen LogP contribution is -2.19. The fraction of sp³-hybridized carbons (Fsp3) is 0.200. The van der Waals surface area contributed by atoms with Crippen LogP contribution in [-0.2, 0) is 0 Å². The number of pyridine rings is 1. The van der Waals surface area contributed by atoms with E-state index in [9.17, 15) is 4.79 Å².